The summed E-state index contributed by atoms with van der Waals surface area (Å²) in [5.74, 6) is 2.23. The third kappa shape index (κ3) is 2.44. The summed E-state index contributed by atoms with van der Waals surface area (Å²) in [5.41, 5.74) is 1.42. The Bertz CT molecular complexity index is 961. The van der Waals surface area contributed by atoms with Crippen molar-refractivity contribution in [1.29, 1.82) is 0 Å². The zero-order valence-electron chi connectivity index (χ0n) is 18.5. The molecule has 162 valence electrons. The van der Waals surface area contributed by atoms with Crippen LogP contribution < -0.4 is 14.2 Å². The molecule has 1 fully saturated rings. The Morgan fingerprint density at radius 3 is 2.23 bits per heavy atom. The van der Waals surface area contributed by atoms with Crippen LogP contribution in [0.25, 0.3) is 0 Å². The van der Waals surface area contributed by atoms with Crippen molar-refractivity contribution < 1.29 is 33.2 Å². The number of ether oxygens (including phenoxy) is 6. The van der Waals surface area contributed by atoms with Gasteiger partial charge in [0.15, 0.2) is 22.9 Å². The van der Waals surface area contributed by atoms with E-state index in [0.29, 0.717) is 29.4 Å². The second-order valence-electron chi connectivity index (χ2n) is 7.97. The number of carbonyl (C=O) groups is 1. The van der Waals surface area contributed by atoms with E-state index in [1.165, 1.54) is 14.2 Å². The van der Waals surface area contributed by atoms with Gasteiger partial charge in [0.1, 0.15) is 0 Å². The van der Waals surface area contributed by atoms with E-state index in [9.17, 15) is 4.79 Å². The van der Waals surface area contributed by atoms with Gasteiger partial charge in [-0.05, 0) is 41.5 Å². The van der Waals surface area contributed by atoms with Gasteiger partial charge in [-0.15, -0.1) is 0 Å². The molecule has 1 saturated heterocycles. The minimum Gasteiger partial charge on any atom is -0.493 e. The Kier molecular flexibility index (Phi) is 4.97. The highest BCUT2D eigenvalue weighted by Crippen LogP contribution is 2.65. The second kappa shape index (κ2) is 7.23. The molecule has 1 spiro atoms. The lowest BCUT2D eigenvalue weighted by Gasteiger charge is -2.37. The molecule has 1 aromatic rings. The van der Waals surface area contributed by atoms with E-state index in [1.54, 1.807) is 27.4 Å². The number of hydrogen-bond acceptors (Lipinski definition) is 7. The van der Waals surface area contributed by atoms with Crippen molar-refractivity contribution >= 4 is 5.78 Å². The Hall–Kier alpha value is -2.67. The fourth-order valence-electron chi connectivity index (χ4n) is 5.08. The van der Waals surface area contributed by atoms with Crippen LogP contribution in [-0.2, 0) is 24.6 Å². The molecule has 1 aliphatic carbocycles. The predicted octanol–water partition coefficient (Wildman–Crippen LogP) is 3.67. The van der Waals surface area contributed by atoms with Crippen molar-refractivity contribution in [3.63, 3.8) is 0 Å². The number of fused-ring (bicyclic) bond motifs is 3. The van der Waals surface area contributed by atoms with E-state index >= 15 is 0 Å². The first-order valence-corrected chi connectivity index (χ1v) is 9.98. The molecule has 7 heteroatoms. The highest BCUT2D eigenvalue weighted by Gasteiger charge is 2.61. The van der Waals surface area contributed by atoms with E-state index in [2.05, 4.69) is 13.8 Å². The zero-order chi connectivity index (χ0) is 21.8. The van der Waals surface area contributed by atoms with E-state index < -0.39 is 5.60 Å². The lowest BCUT2D eigenvalue weighted by Crippen LogP contribution is -2.37. The molecule has 4 rings (SSSR count). The van der Waals surface area contributed by atoms with E-state index in [0.717, 1.165) is 16.7 Å². The molecular weight excluding hydrogens is 388 g/mol. The molecule has 7 nitrogen and oxygen atoms in total. The predicted molar refractivity (Wildman–Crippen MR) is 109 cm³/mol. The maximum Gasteiger partial charge on any atom is 0.224 e. The molecule has 0 N–H and O–H groups in total. The highest BCUT2D eigenvalue weighted by molar-refractivity contribution is 6.05. The SMILES string of the molecule is COC1=C(OC)[C@@]23O[C@@H](c4cc(OC)c(OC)c(OC)c42)[C@H](C)[C@H](C)CC3=CC1=O. The molecule has 3 aliphatic rings. The van der Waals surface area contributed by atoms with Crippen molar-refractivity contribution in [2.45, 2.75) is 32.0 Å². The number of methoxy groups -OCH3 is 5. The van der Waals surface area contributed by atoms with E-state index in [4.69, 9.17) is 28.4 Å². The molecule has 30 heavy (non-hydrogen) atoms. The number of ketones is 1. The van der Waals surface area contributed by atoms with Crippen molar-refractivity contribution in [2.24, 2.45) is 11.8 Å². The minimum absolute atomic E-state index is 0.131. The van der Waals surface area contributed by atoms with Crippen LogP contribution in [0.15, 0.2) is 29.2 Å². The van der Waals surface area contributed by atoms with Gasteiger partial charge < -0.3 is 28.4 Å². The minimum atomic E-state index is -1.13. The molecule has 0 radical (unpaired) electrons. The molecule has 2 aliphatic heterocycles. The topological polar surface area (TPSA) is 72.5 Å². The van der Waals surface area contributed by atoms with Crippen LogP contribution >= 0.6 is 0 Å². The summed E-state index contributed by atoms with van der Waals surface area (Å²) in [6, 6.07) is 1.94. The van der Waals surface area contributed by atoms with Gasteiger partial charge in [-0.1, -0.05) is 13.8 Å². The number of benzene rings is 1. The van der Waals surface area contributed by atoms with Crippen LogP contribution in [0.3, 0.4) is 0 Å². The number of rotatable bonds is 5. The Balaban J connectivity index is 2.16. The summed E-state index contributed by atoms with van der Waals surface area (Å²) in [6.07, 6.45) is 2.06. The molecule has 0 saturated carbocycles. The summed E-state index contributed by atoms with van der Waals surface area (Å²) in [4.78, 5) is 12.8. The van der Waals surface area contributed by atoms with Gasteiger partial charge in [0, 0.05) is 5.56 Å². The van der Waals surface area contributed by atoms with Gasteiger partial charge in [0.2, 0.25) is 17.3 Å². The third-order valence-electron chi connectivity index (χ3n) is 6.66. The summed E-state index contributed by atoms with van der Waals surface area (Å²) in [6.45, 7) is 4.34. The zero-order valence-corrected chi connectivity index (χ0v) is 18.5. The molecule has 0 amide bonds. The first-order valence-electron chi connectivity index (χ1n) is 9.98. The monoisotopic (exact) mass is 416 g/mol. The normalized spacial score (nSPS) is 29.5. The third-order valence-corrected chi connectivity index (χ3v) is 6.66. The summed E-state index contributed by atoms with van der Waals surface area (Å²) < 4.78 is 35.2. The second-order valence-corrected chi connectivity index (χ2v) is 7.97. The van der Waals surface area contributed by atoms with Gasteiger partial charge in [-0.2, -0.15) is 0 Å². The van der Waals surface area contributed by atoms with Crippen LogP contribution in [0.2, 0.25) is 0 Å². The Morgan fingerprint density at radius 2 is 1.67 bits per heavy atom. The quantitative estimate of drug-likeness (QED) is 0.725. The lowest BCUT2D eigenvalue weighted by atomic mass is 9.71. The smallest absolute Gasteiger partial charge is 0.224 e. The van der Waals surface area contributed by atoms with Crippen molar-refractivity contribution in [1.82, 2.24) is 0 Å². The maximum absolute atomic E-state index is 12.8. The standard InChI is InChI=1S/C23H28O7/c1-11-8-13-9-15(24)19(26-4)22(29-7)23(13)17-14(18(30-23)12(11)2)10-16(25-3)20(27-5)21(17)28-6/h9-12,18H,8H2,1-7H3/t11-,12-,18-,23+/m1/s1. The number of hydrogen-bond donors (Lipinski definition) is 0. The summed E-state index contributed by atoms with van der Waals surface area (Å²) in [5, 5.41) is 0. The maximum atomic E-state index is 12.8. The van der Waals surface area contributed by atoms with Crippen LogP contribution in [0.1, 0.15) is 37.5 Å². The van der Waals surface area contributed by atoms with E-state index in [1.807, 2.05) is 6.07 Å². The average Bonchev–Trinajstić information content (AvgIpc) is 3.03. The lowest BCUT2D eigenvalue weighted by molar-refractivity contribution is -0.118. The first kappa shape index (κ1) is 20.6. The summed E-state index contributed by atoms with van der Waals surface area (Å²) in [7, 11) is 7.74. The Labute approximate surface area is 176 Å². The fraction of sp³-hybridized carbons (Fsp3) is 0.522. The molecule has 2 bridgehead atoms. The van der Waals surface area contributed by atoms with Gasteiger partial charge in [-0.3, -0.25) is 4.79 Å². The fourth-order valence-corrected chi connectivity index (χ4v) is 5.08. The average molecular weight is 416 g/mol. The van der Waals surface area contributed by atoms with Gasteiger partial charge >= 0.3 is 0 Å². The van der Waals surface area contributed by atoms with Crippen molar-refractivity contribution in [3.8, 4) is 17.2 Å². The number of allylic oxidation sites excluding steroid dienone is 1. The van der Waals surface area contributed by atoms with Crippen molar-refractivity contribution in [3.05, 3.63) is 40.4 Å². The molecule has 4 atom stereocenters. The molecular formula is C23H28O7. The molecule has 1 aromatic carbocycles. The van der Waals surface area contributed by atoms with Crippen LogP contribution in [0.5, 0.6) is 17.2 Å². The summed E-state index contributed by atoms with van der Waals surface area (Å²) >= 11 is 0. The van der Waals surface area contributed by atoms with Crippen LogP contribution in [0.4, 0.5) is 0 Å². The Morgan fingerprint density at radius 1 is 0.967 bits per heavy atom. The van der Waals surface area contributed by atoms with Crippen molar-refractivity contribution in [2.75, 3.05) is 35.5 Å². The van der Waals surface area contributed by atoms with Crippen LogP contribution in [-0.4, -0.2) is 41.3 Å². The van der Waals surface area contributed by atoms with E-state index in [-0.39, 0.29) is 29.5 Å². The molecule has 0 aromatic heterocycles. The highest BCUT2D eigenvalue weighted by atomic mass is 16.6. The first-order chi connectivity index (χ1) is 14.4. The van der Waals surface area contributed by atoms with Gasteiger partial charge in [-0.25, -0.2) is 0 Å². The molecule has 2 heterocycles. The van der Waals surface area contributed by atoms with Gasteiger partial charge in [0.05, 0.1) is 41.7 Å². The number of carbonyl (C=O) groups excluding carboxylic acids is 1. The van der Waals surface area contributed by atoms with Gasteiger partial charge in [0.25, 0.3) is 0 Å². The molecule has 0 unspecified atom stereocenters. The van der Waals surface area contributed by atoms with Crippen LogP contribution in [0, 0.1) is 11.8 Å². The largest absolute Gasteiger partial charge is 0.493 e.